The first-order valence-electron chi connectivity index (χ1n) is 7.21. The lowest BCUT2D eigenvalue weighted by atomic mass is 9.89. The largest absolute Gasteiger partial charge is 0.316 e. The maximum Gasteiger partial charge on any atom is 0.0928 e. The zero-order chi connectivity index (χ0) is 12.4. The van der Waals surface area contributed by atoms with Crippen molar-refractivity contribution in [2.24, 2.45) is 11.8 Å². The highest BCUT2D eigenvalue weighted by molar-refractivity contribution is 7.09. The molecule has 2 unspecified atom stereocenters. The predicted molar refractivity (Wildman–Crippen MR) is 90.3 cm³/mol. The van der Waals surface area contributed by atoms with Crippen LogP contribution in [0.3, 0.4) is 0 Å². The van der Waals surface area contributed by atoms with Gasteiger partial charge < -0.3 is 5.32 Å². The van der Waals surface area contributed by atoms with Crippen molar-refractivity contribution in [1.82, 2.24) is 15.2 Å². The van der Waals surface area contributed by atoms with Gasteiger partial charge >= 0.3 is 0 Å². The van der Waals surface area contributed by atoms with Crippen LogP contribution in [0.5, 0.6) is 0 Å². The van der Waals surface area contributed by atoms with Gasteiger partial charge in [-0.25, -0.2) is 4.98 Å². The number of aryl methyl sites for hydroxylation is 1. The third kappa shape index (κ3) is 4.31. The molecule has 0 bridgehead atoms. The highest BCUT2D eigenvalue weighted by atomic mass is 35.5. The molecule has 3 nitrogen and oxygen atoms in total. The van der Waals surface area contributed by atoms with E-state index in [0.717, 1.165) is 24.8 Å². The van der Waals surface area contributed by atoms with Gasteiger partial charge in [-0.05, 0) is 50.7 Å². The van der Waals surface area contributed by atoms with Gasteiger partial charge in [0.05, 0.1) is 10.7 Å². The fourth-order valence-electron chi connectivity index (χ4n) is 3.23. The molecule has 0 aromatic carbocycles. The maximum absolute atomic E-state index is 4.74. The number of halogens is 2. The number of rotatable bonds is 4. The Hall–Kier alpha value is 0.130. The average Bonchev–Trinajstić information content (AvgIpc) is 2.98. The normalized spacial score (nSPS) is 25.6. The summed E-state index contributed by atoms with van der Waals surface area (Å²) in [5.74, 6) is 1.82. The SMILES string of the molecule is CCCc1nc(CN2CCC3CNCC3C2)cs1.Cl.Cl. The fraction of sp³-hybridized carbons (Fsp3) is 0.786. The Morgan fingerprint density at radius 2 is 2.15 bits per heavy atom. The van der Waals surface area contributed by atoms with Crippen LogP contribution in [0.15, 0.2) is 5.38 Å². The van der Waals surface area contributed by atoms with Gasteiger partial charge in [0.2, 0.25) is 0 Å². The Labute approximate surface area is 138 Å². The van der Waals surface area contributed by atoms with Crippen LogP contribution in [-0.2, 0) is 13.0 Å². The Bertz CT molecular complexity index is 400. The smallest absolute Gasteiger partial charge is 0.0928 e. The zero-order valence-electron chi connectivity index (χ0n) is 12.0. The molecule has 1 N–H and O–H groups in total. The Morgan fingerprint density at radius 1 is 1.35 bits per heavy atom. The molecule has 2 saturated heterocycles. The average molecular weight is 338 g/mol. The third-order valence-corrected chi connectivity index (χ3v) is 5.19. The number of hydrogen-bond acceptors (Lipinski definition) is 4. The summed E-state index contributed by atoms with van der Waals surface area (Å²) in [6.45, 7) is 8.26. The molecule has 3 rings (SSSR count). The summed E-state index contributed by atoms with van der Waals surface area (Å²) < 4.78 is 0. The van der Waals surface area contributed by atoms with Gasteiger partial charge in [0.25, 0.3) is 0 Å². The van der Waals surface area contributed by atoms with Crippen molar-refractivity contribution >= 4 is 36.2 Å². The molecule has 116 valence electrons. The Balaban J connectivity index is 0.000001000. The molecule has 6 heteroatoms. The molecular weight excluding hydrogens is 313 g/mol. The van der Waals surface area contributed by atoms with E-state index in [4.69, 9.17) is 4.98 Å². The molecule has 0 radical (unpaired) electrons. The molecule has 3 heterocycles. The minimum Gasteiger partial charge on any atom is -0.316 e. The van der Waals surface area contributed by atoms with Crippen LogP contribution in [-0.4, -0.2) is 36.1 Å². The van der Waals surface area contributed by atoms with Gasteiger partial charge in [-0.3, -0.25) is 4.90 Å². The van der Waals surface area contributed by atoms with E-state index in [1.165, 1.54) is 49.7 Å². The van der Waals surface area contributed by atoms with E-state index in [-0.39, 0.29) is 24.8 Å². The number of piperidine rings is 1. The molecule has 2 aliphatic heterocycles. The van der Waals surface area contributed by atoms with Crippen LogP contribution >= 0.6 is 36.2 Å². The van der Waals surface area contributed by atoms with E-state index >= 15 is 0 Å². The summed E-state index contributed by atoms with van der Waals surface area (Å²) >= 11 is 1.83. The summed E-state index contributed by atoms with van der Waals surface area (Å²) in [6.07, 6.45) is 3.70. The first-order valence-corrected chi connectivity index (χ1v) is 8.09. The molecule has 0 saturated carbocycles. The van der Waals surface area contributed by atoms with Gasteiger partial charge in [-0.1, -0.05) is 6.92 Å². The minimum absolute atomic E-state index is 0. The fourth-order valence-corrected chi connectivity index (χ4v) is 4.12. The number of aromatic nitrogens is 1. The van der Waals surface area contributed by atoms with E-state index in [2.05, 4.69) is 22.5 Å². The summed E-state index contributed by atoms with van der Waals surface area (Å²) in [7, 11) is 0. The highest BCUT2D eigenvalue weighted by Crippen LogP contribution is 2.27. The second-order valence-electron chi connectivity index (χ2n) is 5.68. The summed E-state index contributed by atoms with van der Waals surface area (Å²) in [5, 5.41) is 7.09. The number of likely N-dealkylation sites (tertiary alicyclic amines) is 1. The van der Waals surface area contributed by atoms with Crippen molar-refractivity contribution in [3.63, 3.8) is 0 Å². The van der Waals surface area contributed by atoms with Crippen molar-refractivity contribution in [2.45, 2.75) is 32.7 Å². The number of nitrogens with zero attached hydrogens (tertiary/aromatic N) is 2. The first kappa shape index (κ1) is 18.2. The monoisotopic (exact) mass is 337 g/mol. The molecule has 0 amide bonds. The van der Waals surface area contributed by atoms with Gasteiger partial charge in [0, 0.05) is 18.5 Å². The van der Waals surface area contributed by atoms with E-state index in [9.17, 15) is 0 Å². The minimum atomic E-state index is 0. The van der Waals surface area contributed by atoms with Crippen LogP contribution in [0.4, 0.5) is 0 Å². The van der Waals surface area contributed by atoms with E-state index in [0.29, 0.717) is 0 Å². The lowest BCUT2D eigenvalue weighted by Gasteiger charge is -2.33. The van der Waals surface area contributed by atoms with Crippen LogP contribution < -0.4 is 5.32 Å². The molecule has 0 aliphatic carbocycles. The van der Waals surface area contributed by atoms with Crippen molar-refractivity contribution in [1.29, 1.82) is 0 Å². The zero-order valence-corrected chi connectivity index (χ0v) is 14.5. The molecule has 2 aliphatic rings. The molecule has 0 spiro atoms. The number of nitrogens with one attached hydrogen (secondary N) is 1. The van der Waals surface area contributed by atoms with Crippen molar-refractivity contribution in [3.8, 4) is 0 Å². The van der Waals surface area contributed by atoms with E-state index in [1.807, 2.05) is 11.3 Å². The van der Waals surface area contributed by atoms with Crippen LogP contribution in [0, 0.1) is 11.8 Å². The Morgan fingerprint density at radius 3 is 2.95 bits per heavy atom. The van der Waals surface area contributed by atoms with E-state index in [1.54, 1.807) is 0 Å². The quantitative estimate of drug-likeness (QED) is 0.915. The van der Waals surface area contributed by atoms with Crippen LogP contribution in [0.1, 0.15) is 30.5 Å². The molecule has 1 aromatic heterocycles. The molecule has 2 fully saturated rings. The lowest BCUT2D eigenvalue weighted by molar-refractivity contribution is 0.141. The number of hydrogen-bond donors (Lipinski definition) is 1. The summed E-state index contributed by atoms with van der Waals surface area (Å²) in [6, 6.07) is 0. The predicted octanol–water partition coefficient (Wildman–Crippen LogP) is 2.98. The Kier molecular flexibility index (Phi) is 7.77. The first-order chi connectivity index (χ1) is 8.85. The van der Waals surface area contributed by atoms with Gasteiger partial charge in [0.15, 0.2) is 0 Å². The molecular formula is C14H25Cl2N3S. The topological polar surface area (TPSA) is 28.2 Å². The molecule has 1 aromatic rings. The summed E-state index contributed by atoms with van der Waals surface area (Å²) in [5.41, 5.74) is 1.29. The van der Waals surface area contributed by atoms with Crippen molar-refractivity contribution < 1.29 is 0 Å². The number of fused-ring (bicyclic) bond motifs is 1. The van der Waals surface area contributed by atoms with Crippen LogP contribution in [0.2, 0.25) is 0 Å². The second kappa shape index (κ2) is 8.54. The lowest BCUT2D eigenvalue weighted by Crippen LogP contribution is -2.39. The van der Waals surface area contributed by atoms with Gasteiger partial charge in [0.1, 0.15) is 0 Å². The van der Waals surface area contributed by atoms with Crippen molar-refractivity contribution in [2.75, 3.05) is 26.2 Å². The standard InChI is InChI=1S/C14H23N3S.2ClH/c1-2-3-14-16-13(10-18-14)9-17-5-4-11-6-15-7-12(11)8-17;;/h10-12,15H,2-9H2,1H3;2*1H. The van der Waals surface area contributed by atoms with Gasteiger partial charge in [-0.15, -0.1) is 36.2 Å². The van der Waals surface area contributed by atoms with Gasteiger partial charge in [-0.2, -0.15) is 0 Å². The third-order valence-electron chi connectivity index (χ3n) is 4.24. The second-order valence-corrected chi connectivity index (χ2v) is 6.63. The summed E-state index contributed by atoms with van der Waals surface area (Å²) in [4.78, 5) is 7.34. The van der Waals surface area contributed by atoms with E-state index < -0.39 is 0 Å². The van der Waals surface area contributed by atoms with Crippen molar-refractivity contribution in [3.05, 3.63) is 16.1 Å². The number of thiazole rings is 1. The highest BCUT2D eigenvalue weighted by Gasteiger charge is 2.32. The molecule has 2 atom stereocenters. The molecule has 20 heavy (non-hydrogen) atoms. The van der Waals surface area contributed by atoms with Crippen LogP contribution in [0.25, 0.3) is 0 Å². The maximum atomic E-state index is 4.74.